The summed E-state index contributed by atoms with van der Waals surface area (Å²) in [7, 11) is 1.57. The van der Waals surface area contributed by atoms with E-state index in [1.807, 2.05) is 50.2 Å². The SMILES string of the molecule is COc1cc(C)ccc1OC(=O)CCc1ccccc1C. The summed E-state index contributed by atoms with van der Waals surface area (Å²) in [6.07, 6.45) is 1.03. The molecule has 2 aromatic carbocycles. The lowest BCUT2D eigenvalue weighted by atomic mass is 10.0. The minimum atomic E-state index is -0.250. The van der Waals surface area contributed by atoms with Gasteiger partial charge in [0, 0.05) is 6.42 Å². The molecular formula is C18H20O3. The first-order chi connectivity index (χ1) is 10.1. The van der Waals surface area contributed by atoms with E-state index in [4.69, 9.17) is 9.47 Å². The third-order valence-electron chi connectivity index (χ3n) is 3.40. The van der Waals surface area contributed by atoms with Crippen LogP contribution in [0, 0.1) is 13.8 Å². The van der Waals surface area contributed by atoms with Gasteiger partial charge < -0.3 is 9.47 Å². The highest BCUT2D eigenvalue weighted by Gasteiger charge is 2.11. The zero-order valence-electron chi connectivity index (χ0n) is 12.7. The van der Waals surface area contributed by atoms with Crippen LogP contribution in [0.4, 0.5) is 0 Å². The highest BCUT2D eigenvalue weighted by Crippen LogP contribution is 2.28. The maximum atomic E-state index is 12.0. The van der Waals surface area contributed by atoms with E-state index >= 15 is 0 Å². The molecule has 0 aliphatic rings. The number of benzene rings is 2. The zero-order chi connectivity index (χ0) is 15.2. The summed E-state index contributed by atoms with van der Waals surface area (Å²) < 4.78 is 10.6. The molecule has 0 spiro atoms. The number of rotatable bonds is 5. The van der Waals surface area contributed by atoms with Crippen LogP contribution in [0.25, 0.3) is 0 Å². The van der Waals surface area contributed by atoms with E-state index in [0.717, 1.165) is 5.56 Å². The summed E-state index contributed by atoms with van der Waals surface area (Å²) in [6, 6.07) is 13.6. The molecule has 0 heterocycles. The van der Waals surface area contributed by atoms with Crippen molar-refractivity contribution in [1.29, 1.82) is 0 Å². The van der Waals surface area contributed by atoms with Gasteiger partial charge in [-0.3, -0.25) is 4.79 Å². The lowest BCUT2D eigenvalue weighted by Crippen LogP contribution is -2.10. The van der Waals surface area contributed by atoms with Gasteiger partial charge in [-0.1, -0.05) is 30.3 Å². The van der Waals surface area contributed by atoms with Crippen LogP contribution in [0.3, 0.4) is 0 Å². The molecule has 0 N–H and O–H groups in total. The van der Waals surface area contributed by atoms with E-state index in [0.29, 0.717) is 24.3 Å². The first-order valence-electron chi connectivity index (χ1n) is 7.00. The van der Waals surface area contributed by atoms with Gasteiger partial charge in [-0.05, 0) is 49.1 Å². The summed E-state index contributed by atoms with van der Waals surface area (Å²) in [6.45, 7) is 4.01. The first kappa shape index (κ1) is 15.1. The Kier molecular flexibility index (Phi) is 4.99. The molecule has 0 radical (unpaired) electrons. The molecule has 0 aliphatic carbocycles. The van der Waals surface area contributed by atoms with Crippen LogP contribution in [0.1, 0.15) is 23.1 Å². The fraction of sp³-hybridized carbons (Fsp3) is 0.278. The third-order valence-corrected chi connectivity index (χ3v) is 3.40. The highest BCUT2D eigenvalue weighted by atomic mass is 16.6. The van der Waals surface area contributed by atoms with Gasteiger partial charge >= 0.3 is 5.97 Å². The van der Waals surface area contributed by atoms with Crippen molar-refractivity contribution in [3.63, 3.8) is 0 Å². The molecule has 110 valence electrons. The number of methoxy groups -OCH3 is 1. The minimum Gasteiger partial charge on any atom is -0.493 e. The topological polar surface area (TPSA) is 35.5 Å². The zero-order valence-corrected chi connectivity index (χ0v) is 12.7. The largest absolute Gasteiger partial charge is 0.493 e. The van der Waals surface area contributed by atoms with Gasteiger partial charge in [0.15, 0.2) is 11.5 Å². The fourth-order valence-corrected chi connectivity index (χ4v) is 2.16. The van der Waals surface area contributed by atoms with Gasteiger partial charge in [0.2, 0.25) is 0 Å². The molecule has 2 rings (SSSR count). The second-order valence-electron chi connectivity index (χ2n) is 5.05. The number of esters is 1. The Balaban J connectivity index is 1.98. The Hall–Kier alpha value is -2.29. The third kappa shape index (κ3) is 4.09. The lowest BCUT2D eigenvalue weighted by Gasteiger charge is -2.10. The van der Waals surface area contributed by atoms with E-state index in [-0.39, 0.29) is 5.97 Å². The molecule has 0 unspecified atom stereocenters. The van der Waals surface area contributed by atoms with Crippen molar-refractivity contribution in [2.24, 2.45) is 0 Å². The molecule has 0 fully saturated rings. The van der Waals surface area contributed by atoms with Gasteiger partial charge in [0.05, 0.1) is 7.11 Å². The van der Waals surface area contributed by atoms with Crippen molar-refractivity contribution in [1.82, 2.24) is 0 Å². The van der Waals surface area contributed by atoms with Gasteiger partial charge in [0.25, 0.3) is 0 Å². The maximum absolute atomic E-state index is 12.0. The maximum Gasteiger partial charge on any atom is 0.311 e. The van der Waals surface area contributed by atoms with Crippen molar-refractivity contribution in [3.05, 3.63) is 59.2 Å². The van der Waals surface area contributed by atoms with E-state index in [1.165, 1.54) is 11.1 Å². The van der Waals surface area contributed by atoms with Crippen LogP contribution < -0.4 is 9.47 Å². The Morgan fingerprint density at radius 2 is 1.81 bits per heavy atom. The standard InChI is InChI=1S/C18H20O3/c1-13-8-10-16(17(12-13)20-3)21-18(19)11-9-15-7-5-4-6-14(15)2/h4-8,10,12H,9,11H2,1-3H3. The van der Waals surface area contributed by atoms with E-state index in [2.05, 4.69) is 0 Å². The summed E-state index contributed by atoms with van der Waals surface area (Å²) in [4.78, 5) is 12.0. The molecule has 2 aromatic rings. The van der Waals surface area contributed by atoms with Crippen molar-refractivity contribution >= 4 is 5.97 Å². The monoisotopic (exact) mass is 284 g/mol. The molecule has 0 aliphatic heterocycles. The van der Waals surface area contributed by atoms with Gasteiger partial charge in [-0.2, -0.15) is 0 Å². The number of hydrogen-bond donors (Lipinski definition) is 0. The second kappa shape index (κ2) is 6.93. The van der Waals surface area contributed by atoms with Gasteiger partial charge in [-0.15, -0.1) is 0 Å². The van der Waals surface area contributed by atoms with E-state index in [1.54, 1.807) is 13.2 Å². The summed E-state index contributed by atoms with van der Waals surface area (Å²) in [5.41, 5.74) is 3.43. The van der Waals surface area contributed by atoms with Crippen molar-refractivity contribution in [2.75, 3.05) is 7.11 Å². The number of ether oxygens (including phenoxy) is 2. The molecular weight excluding hydrogens is 264 g/mol. The van der Waals surface area contributed by atoms with Gasteiger partial charge in [0.1, 0.15) is 0 Å². The molecule has 0 bridgehead atoms. The molecule has 3 heteroatoms. The van der Waals surface area contributed by atoms with Crippen LogP contribution in [0.2, 0.25) is 0 Å². The number of carbonyl (C=O) groups excluding carboxylic acids is 1. The lowest BCUT2D eigenvalue weighted by molar-refractivity contribution is -0.134. The summed E-state index contributed by atoms with van der Waals surface area (Å²) >= 11 is 0. The molecule has 0 aromatic heterocycles. The Morgan fingerprint density at radius 3 is 2.52 bits per heavy atom. The van der Waals surface area contributed by atoms with E-state index in [9.17, 15) is 4.79 Å². The quantitative estimate of drug-likeness (QED) is 0.618. The normalized spacial score (nSPS) is 10.2. The van der Waals surface area contributed by atoms with Crippen LogP contribution in [-0.2, 0) is 11.2 Å². The van der Waals surface area contributed by atoms with Crippen molar-refractivity contribution in [3.8, 4) is 11.5 Å². The average Bonchev–Trinajstić information content (AvgIpc) is 2.48. The second-order valence-corrected chi connectivity index (χ2v) is 5.05. The molecule has 0 amide bonds. The molecule has 3 nitrogen and oxygen atoms in total. The molecule has 0 saturated carbocycles. The minimum absolute atomic E-state index is 0.250. The van der Waals surface area contributed by atoms with E-state index < -0.39 is 0 Å². The predicted octanol–water partition coefficient (Wildman–Crippen LogP) is 3.85. The highest BCUT2D eigenvalue weighted by molar-refractivity contribution is 5.73. The Morgan fingerprint density at radius 1 is 1.05 bits per heavy atom. The molecule has 0 atom stereocenters. The number of carbonyl (C=O) groups is 1. The Labute approximate surface area is 125 Å². The number of hydrogen-bond acceptors (Lipinski definition) is 3. The predicted molar refractivity (Wildman–Crippen MR) is 82.9 cm³/mol. The van der Waals surface area contributed by atoms with Crippen molar-refractivity contribution < 1.29 is 14.3 Å². The average molecular weight is 284 g/mol. The summed E-state index contributed by atoms with van der Waals surface area (Å²) in [5, 5.41) is 0. The van der Waals surface area contributed by atoms with Crippen molar-refractivity contribution in [2.45, 2.75) is 26.7 Å². The van der Waals surface area contributed by atoms with Crippen LogP contribution >= 0.6 is 0 Å². The molecule has 0 saturated heterocycles. The van der Waals surface area contributed by atoms with Crippen LogP contribution in [0.5, 0.6) is 11.5 Å². The Bertz CT molecular complexity index is 632. The van der Waals surface area contributed by atoms with Crippen LogP contribution in [0.15, 0.2) is 42.5 Å². The van der Waals surface area contributed by atoms with Gasteiger partial charge in [-0.25, -0.2) is 0 Å². The first-order valence-corrected chi connectivity index (χ1v) is 7.00. The van der Waals surface area contributed by atoms with Crippen LogP contribution in [-0.4, -0.2) is 13.1 Å². The molecule has 21 heavy (non-hydrogen) atoms. The number of aryl methyl sites for hydroxylation is 3. The fourth-order valence-electron chi connectivity index (χ4n) is 2.16. The smallest absolute Gasteiger partial charge is 0.311 e. The summed E-state index contributed by atoms with van der Waals surface area (Å²) in [5.74, 6) is 0.803.